The van der Waals surface area contributed by atoms with Crippen LogP contribution in [0.5, 0.6) is 0 Å². The number of hydrogen-bond acceptors (Lipinski definition) is 3. The molecule has 1 aliphatic heterocycles. The van der Waals surface area contributed by atoms with E-state index in [-0.39, 0.29) is 11.6 Å². The fourth-order valence-electron chi connectivity index (χ4n) is 1.99. The minimum atomic E-state index is -0.425. The Hall–Kier alpha value is -0.770. The zero-order valence-corrected chi connectivity index (χ0v) is 10.9. The van der Waals surface area contributed by atoms with Crippen molar-refractivity contribution in [3.63, 3.8) is 0 Å². The number of ether oxygens (including phenoxy) is 1. The number of amides is 1. The van der Waals surface area contributed by atoms with Crippen LogP contribution in [-0.2, 0) is 4.74 Å². The van der Waals surface area contributed by atoms with E-state index in [1.54, 1.807) is 0 Å². The van der Waals surface area contributed by atoms with E-state index < -0.39 is 5.60 Å². The van der Waals surface area contributed by atoms with Gasteiger partial charge < -0.3 is 15.4 Å². The van der Waals surface area contributed by atoms with Crippen molar-refractivity contribution in [2.75, 3.05) is 13.1 Å². The van der Waals surface area contributed by atoms with Crippen LogP contribution in [0.2, 0.25) is 0 Å². The Bertz CT molecular complexity index is 240. The van der Waals surface area contributed by atoms with Gasteiger partial charge in [-0.15, -0.1) is 0 Å². The van der Waals surface area contributed by atoms with Gasteiger partial charge in [-0.1, -0.05) is 6.92 Å². The van der Waals surface area contributed by atoms with E-state index in [0.717, 1.165) is 32.4 Å². The van der Waals surface area contributed by atoms with Crippen LogP contribution in [0.25, 0.3) is 0 Å². The van der Waals surface area contributed by atoms with Gasteiger partial charge >= 0.3 is 6.09 Å². The standard InChI is InChI=1S/C12H24N2O2/c1-5-12(6-8-13-9-7-12)14-10(15)16-11(2,3)4/h13H,5-9H2,1-4H3,(H,14,15). The van der Waals surface area contributed by atoms with E-state index in [4.69, 9.17) is 4.74 Å². The van der Waals surface area contributed by atoms with Gasteiger partial charge in [-0.2, -0.15) is 0 Å². The summed E-state index contributed by atoms with van der Waals surface area (Å²) in [6.45, 7) is 9.69. The van der Waals surface area contributed by atoms with E-state index in [1.165, 1.54) is 0 Å². The predicted octanol–water partition coefficient (Wildman–Crippen LogP) is 2.04. The first kappa shape index (κ1) is 13.3. The number of alkyl carbamates (subject to hydrolysis) is 1. The van der Waals surface area contributed by atoms with Crippen molar-refractivity contribution >= 4 is 6.09 Å². The molecule has 0 aromatic carbocycles. The van der Waals surface area contributed by atoms with Gasteiger partial charge in [0.25, 0.3) is 0 Å². The summed E-state index contributed by atoms with van der Waals surface area (Å²) >= 11 is 0. The highest BCUT2D eigenvalue weighted by Crippen LogP contribution is 2.22. The van der Waals surface area contributed by atoms with Crippen molar-refractivity contribution in [1.29, 1.82) is 0 Å². The highest BCUT2D eigenvalue weighted by Gasteiger charge is 2.33. The molecule has 1 rings (SSSR count). The van der Waals surface area contributed by atoms with Crippen molar-refractivity contribution in [3.8, 4) is 0 Å². The summed E-state index contributed by atoms with van der Waals surface area (Å²) < 4.78 is 5.30. The van der Waals surface area contributed by atoms with E-state index >= 15 is 0 Å². The van der Waals surface area contributed by atoms with Crippen molar-refractivity contribution < 1.29 is 9.53 Å². The lowest BCUT2D eigenvalue weighted by Gasteiger charge is -2.38. The summed E-state index contributed by atoms with van der Waals surface area (Å²) in [5.74, 6) is 0. The third kappa shape index (κ3) is 4.00. The number of rotatable bonds is 2. The van der Waals surface area contributed by atoms with Crippen LogP contribution >= 0.6 is 0 Å². The van der Waals surface area contributed by atoms with Crippen LogP contribution in [0.3, 0.4) is 0 Å². The molecule has 1 aliphatic rings. The van der Waals surface area contributed by atoms with Crippen LogP contribution in [0.1, 0.15) is 47.0 Å². The Balaban J connectivity index is 2.52. The third-order valence-corrected chi connectivity index (χ3v) is 3.00. The molecule has 1 heterocycles. The summed E-state index contributed by atoms with van der Waals surface area (Å²) in [5, 5.41) is 6.34. The summed E-state index contributed by atoms with van der Waals surface area (Å²) in [6, 6.07) is 0. The maximum absolute atomic E-state index is 11.7. The fraction of sp³-hybridized carbons (Fsp3) is 0.917. The molecule has 0 atom stereocenters. The molecule has 4 heteroatoms. The van der Waals surface area contributed by atoms with Gasteiger partial charge in [0.05, 0.1) is 0 Å². The van der Waals surface area contributed by atoms with Crippen molar-refractivity contribution in [3.05, 3.63) is 0 Å². The molecule has 0 radical (unpaired) electrons. The lowest BCUT2D eigenvalue weighted by molar-refractivity contribution is 0.0426. The van der Waals surface area contributed by atoms with Crippen molar-refractivity contribution in [2.45, 2.75) is 58.1 Å². The average Bonchev–Trinajstić information content (AvgIpc) is 2.16. The van der Waals surface area contributed by atoms with Crippen molar-refractivity contribution in [1.82, 2.24) is 10.6 Å². The van der Waals surface area contributed by atoms with E-state index in [1.807, 2.05) is 20.8 Å². The van der Waals surface area contributed by atoms with Crippen LogP contribution in [0.15, 0.2) is 0 Å². The molecule has 0 aromatic rings. The maximum Gasteiger partial charge on any atom is 0.408 e. The topological polar surface area (TPSA) is 50.4 Å². The van der Waals surface area contributed by atoms with Gasteiger partial charge in [-0.25, -0.2) is 4.79 Å². The first-order valence-electron chi connectivity index (χ1n) is 6.09. The van der Waals surface area contributed by atoms with Crippen LogP contribution in [0.4, 0.5) is 4.79 Å². The molecule has 1 saturated heterocycles. The first-order valence-corrected chi connectivity index (χ1v) is 6.09. The Morgan fingerprint density at radius 3 is 2.38 bits per heavy atom. The number of carbonyl (C=O) groups excluding carboxylic acids is 1. The minimum absolute atomic E-state index is 0.0758. The Labute approximate surface area is 98.1 Å². The molecule has 94 valence electrons. The maximum atomic E-state index is 11.7. The molecule has 0 unspecified atom stereocenters. The Kier molecular flexibility index (Phi) is 4.19. The first-order chi connectivity index (χ1) is 7.37. The minimum Gasteiger partial charge on any atom is -0.444 e. The van der Waals surface area contributed by atoms with Gasteiger partial charge in [-0.3, -0.25) is 0 Å². The van der Waals surface area contributed by atoms with Gasteiger partial charge in [0.1, 0.15) is 5.60 Å². The molecule has 0 bridgehead atoms. The second-order valence-corrected chi connectivity index (χ2v) is 5.51. The summed E-state index contributed by atoms with van der Waals surface area (Å²) in [5.41, 5.74) is -0.500. The van der Waals surface area contributed by atoms with Gasteiger partial charge in [0.2, 0.25) is 0 Å². The summed E-state index contributed by atoms with van der Waals surface area (Å²) in [4.78, 5) is 11.7. The molecule has 1 amide bonds. The van der Waals surface area contributed by atoms with Crippen LogP contribution in [0, 0.1) is 0 Å². The number of carbonyl (C=O) groups is 1. The number of nitrogens with one attached hydrogen (secondary N) is 2. The zero-order valence-electron chi connectivity index (χ0n) is 10.9. The lowest BCUT2D eigenvalue weighted by atomic mass is 9.86. The molecule has 1 fully saturated rings. The third-order valence-electron chi connectivity index (χ3n) is 3.00. The molecule has 0 aliphatic carbocycles. The molecular weight excluding hydrogens is 204 g/mol. The monoisotopic (exact) mass is 228 g/mol. The van der Waals surface area contributed by atoms with Crippen molar-refractivity contribution in [2.24, 2.45) is 0 Å². The second-order valence-electron chi connectivity index (χ2n) is 5.51. The predicted molar refractivity (Wildman–Crippen MR) is 64.5 cm³/mol. The quantitative estimate of drug-likeness (QED) is 0.760. The Morgan fingerprint density at radius 2 is 1.94 bits per heavy atom. The zero-order chi connectivity index (χ0) is 12.2. The molecule has 16 heavy (non-hydrogen) atoms. The van der Waals surface area contributed by atoms with E-state index in [2.05, 4.69) is 17.6 Å². The molecule has 2 N–H and O–H groups in total. The van der Waals surface area contributed by atoms with E-state index in [9.17, 15) is 4.79 Å². The lowest BCUT2D eigenvalue weighted by Crippen LogP contribution is -2.55. The fourth-order valence-corrected chi connectivity index (χ4v) is 1.99. The van der Waals surface area contributed by atoms with Gasteiger partial charge in [0, 0.05) is 5.54 Å². The molecular formula is C12H24N2O2. The van der Waals surface area contributed by atoms with E-state index in [0.29, 0.717) is 0 Å². The van der Waals surface area contributed by atoms with Gasteiger partial charge in [0.15, 0.2) is 0 Å². The highest BCUT2D eigenvalue weighted by atomic mass is 16.6. The normalized spacial score (nSPS) is 20.2. The molecule has 0 saturated carbocycles. The Morgan fingerprint density at radius 1 is 1.38 bits per heavy atom. The SMILES string of the molecule is CCC1(NC(=O)OC(C)(C)C)CCNCC1. The average molecular weight is 228 g/mol. The van der Waals surface area contributed by atoms with Crippen LogP contribution in [-0.4, -0.2) is 30.3 Å². The van der Waals surface area contributed by atoms with Crippen LogP contribution < -0.4 is 10.6 Å². The highest BCUT2D eigenvalue weighted by molar-refractivity contribution is 5.68. The summed E-state index contributed by atoms with van der Waals surface area (Å²) in [6.07, 6.45) is 2.61. The summed E-state index contributed by atoms with van der Waals surface area (Å²) in [7, 11) is 0. The molecule has 0 aromatic heterocycles. The molecule has 0 spiro atoms. The second kappa shape index (κ2) is 5.04. The number of piperidine rings is 1. The molecule has 4 nitrogen and oxygen atoms in total. The number of hydrogen-bond donors (Lipinski definition) is 2. The smallest absolute Gasteiger partial charge is 0.408 e. The largest absolute Gasteiger partial charge is 0.444 e. The van der Waals surface area contributed by atoms with Gasteiger partial charge in [-0.05, 0) is 53.1 Å².